The molecule has 0 aliphatic heterocycles. The molecule has 21 heavy (non-hydrogen) atoms. The molecule has 0 saturated heterocycles. The number of Topliss-reactive ketones (excluding diaryl/α,β-unsaturated/α-hetero) is 1. The van der Waals surface area contributed by atoms with Gasteiger partial charge in [-0.15, -0.1) is 5.10 Å². The number of nitrogen functional groups attached to an aromatic ring is 1. The number of ketones is 1. The summed E-state index contributed by atoms with van der Waals surface area (Å²) < 4.78 is 1.53. The number of aromatic nitrogens is 4. The summed E-state index contributed by atoms with van der Waals surface area (Å²) in [6.45, 7) is 3.27. The van der Waals surface area contributed by atoms with Crippen molar-refractivity contribution in [1.82, 2.24) is 19.6 Å². The number of anilines is 1. The molecule has 3 aromatic rings. The number of hydrogen-bond donors (Lipinski definition) is 1. The lowest BCUT2D eigenvalue weighted by Gasteiger charge is -2.07. The highest BCUT2D eigenvalue weighted by Crippen LogP contribution is 2.27. The largest absolute Gasteiger partial charge is 0.382 e. The molecule has 2 N–H and O–H groups in total. The predicted molar refractivity (Wildman–Crippen MR) is 80.4 cm³/mol. The Morgan fingerprint density at radius 3 is 2.81 bits per heavy atom. The Kier molecular flexibility index (Phi) is 3.10. The van der Waals surface area contributed by atoms with E-state index in [-0.39, 0.29) is 16.6 Å². The summed E-state index contributed by atoms with van der Waals surface area (Å²) in [5.41, 5.74) is 7.60. The summed E-state index contributed by atoms with van der Waals surface area (Å²) in [5.74, 6) is 1.22. The second-order valence-corrected chi connectivity index (χ2v) is 5.04. The SMILES string of the molecule is CC(=O)c1cccc(-c2nc(N)c(Cl)c3nc(C)nn23)c1. The molecule has 7 heteroatoms. The van der Waals surface area contributed by atoms with Crippen LogP contribution in [0.3, 0.4) is 0 Å². The molecule has 0 atom stereocenters. The van der Waals surface area contributed by atoms with E-state index in [1.807, 2.05) is 6.07 Å². The lowest BCUT2D eigenvalue weighted by atomic mass is 10.1. The first-order valence-electron chi connectivity index (χ1n) is 6.27. The van der Waals surface area contributed by atoms with Crippen molar-refractivity contribution >= 4 is 28.8 Å². The number of halogens is 1. The molecule has 0 aliphatic rings. The number of benzene rings is 1. The van der Waals surface area contributed by atoms with E-state index in [1.165, 1.54) is 11.4 Å². The normalized spacial score (nSPS) is 11.0. The molecule has 0 aliphatic carbocycles. The van der Waals surface area contributed by atoms with E-state index < -0.39 is 0 Å². The number of nitrogens with two attached hydrogens (primary N) is 1. The fraction of sp³-hybridized carbons (Fsp3) is 0.143. The zero-order chi connectivity index (χ0) is 15.1. The number of aryl methyl sites for hydroxylation is 1. The van der Waals surface area contributed by atoms with Crippen LogP contribution in [-0.2, 0) is 0 Å². The third-order valence-corrected chi connectivity index (χ3v) is 3.45. The fourth-order valence-electron chi connectivity index (χ4n) is 2.09. The topological polar surface area (TPSA) is 86.2 Å². The Hall–Kier alpha value is -2.47. The van der Waals surface area contributed by atoms with Crippen LogP contribution in [0.5, 0.6) is 0 Å². The van der Waals surface area contributed by atoms with Crippen molar-refractivity contribution in [3.05, 3.63) is 40.7 Å². The van der Waals surface area contributed by atoms with Gasteiger partial charge in [0.25, 0.3) is 0 Å². The second-order valence-electron chi connectivity index (χ2n) is 4.67. The third-order valence-electron chi connectivity index (χ3n) is 3.09. The van der Waals surface area contributed by atoms with Crippen molar-refractivity contribution in [2.45, 2.75) is 13.8 Å². The molecule has 0 saturated carbocycles. The lowest BCUT2D eigenvalue weighted by Crippen LogP contribution is -2.04. The average molecular weight is 302 g/mol. The second kappa shape index (κ2) is 4.82. The highest BCUT2D eigenvalue weighted by molar-refractivity contribution is 6.35. The number of fused-ring (bicyclic) bond motifs is 1. The van der Waals surface area contributed by atoms with Crippen molar-refractivity contribution in [2.75, 3.05) is 5.73 Å². The highest BCUT2D eigenvalue weighted by atomic mass is 35.5. The number of hydrogen-bond acceptors (Lipinski definition) is 5. The minimum Gasteiger partial charge on any atom is -0.382 e. The smallest absolute Gasteiger partial charge is 0.180 e. The molecule has 0 radical (unpaired) electrons. The number of carbonyl (C=O) groups is 1. The monoisotopic (exact) mass is 301 g/mol. The van der Waals surface area contributed by atoms with Gasteiger partial charge in [-0.05, 0) is 19.9 Å². The van der Waals surface area contributed by atoms with Crippen molar-refractivity contribution in [1.29, 1.82) is 0 Å². The predicted octanol–water partition coefficient (Wildman–Crippen LogP) is 2.54. The van der Waals surface area contributed by atoms with Gasteiger partial charge in [-0.2, -0.15) is 4.52 Å². The van der Waals surface area contributed by atoms with Gasteiger partial charge in [-0.1, -0.05) is 29.8 Å². The van der Waals surface area contributed by atoms with E-state index >= 15 is 0 Å². The van der Waals surface area contributed by atoms with Crippen LogP contribution >= 0.6 is 11.6 Å². The van der Waals surface area contributed by atoms with E-state index in [2.05, 4.69) is 15.1 Å². The Balaban J connectivity index is 2.32. The van der Waals surface area contributed by atoms with Crippen LogP contribution in [0.4, 0.5) is 5.82 Å². The van der Waals surface area contributed by atoms with E-state index in [1.54, 1.807) is 25.1 Å². The molecule has 0 spiro atoms. The van der Waals surface area contributed by atoms with Crippen LogP contribution in [0.25, 0.3) is 17.0 Å². The van der Waals surface area contributed by atoms with Crippen molar-refractivity contribution < 1.29 is 4.79 Å². The molecule has 0 amide bonds. The van der Waals surface area contributed by atoms with Crippen LogP contribution in [-0.4, -0.2) is 25.4 Å². The Morgan fingerprint density at radius 2 is 2.10 bits per heavy atom. The molecule has 6 nitrogen and oxygen atoms in total. The molecular formula is C14H12ClN5O. The van der Waals surface area contributed by atoms with Crippen molar-refractivity contribution in [2.24, 2.45) is 0 Å². The standard InChI is InChI=1S/C14H12ClN5O/c1-7(21)9-4-3-5-10(6-9)13-18-12(16)11(15)14-17-8(2)19-20(13)14/h3-6H,16H2,1-2H3. The van der Waals surface area contributed by atoms with Crippen LogP contribution < -0.4 is 5.73 Å². The summed E-state index contributed by atoms with van der Waals surface area (Å²) in [7, 11) is 0. The van der Waals surface area contributed by atoms with Gasteiger partial charge >= 0.3 is 0 Å². The van der Waals surface area contributed by atoms with Gasteiger partial charge in [-0.3, -0.25) is 4.79 Å². The zero-order valence-electron chi connectivity index (χ0n) is 11.5. The highest BCUT2D eigenvalue weighted by Gasteiger charge is 2.16. The molecule has 0 bridgehead atoms. The number of rotatable bonds is 2. The zero-order valence-corrected chi connectivity index (χ0v) is 12.2. The lowest BCUT2D eigenvalue weighted by molar-refractivity contribution is 0.101. The summed E-state index contributed by atoms with van der Waals surface area (Å²) in [4.78, 5) is 20.0. The van der Waals surface area contributed by atoms with Gasteiger partial charge in [-0.25, -0.2) is 9.97 Å². The Bertz CT molecular complexity index is 871. The average Bonchev–Trinajstić information content (AvgIpc) is 2.85. The van der Waals surface area contributed by atoms with E-state index in [4.69, 9.17) is 17.3 Å². The molecule has 3 rings (SSSR count). The Labute approximate surface area is 125 Å². The number of nitrogens with zero attached hydrogens (tertiary/aromatic N) is 4. The van der Waals surface area contributed by atoms with Crippen LogP contribution in [0.2, 0.25) is 5.02 Å². The summed E-state index contributed by atoms with van der Waals surface area (Å²) in [6, 6.07) is 7.11. The van der Waals surface area contributed by atoms with Crippen LogP contribution in [0.1, 0.15) is 23.1 Å². The van der Waals surface area contributed by atoms with Crippen molar-refractivity contribution in [3.63, 3.8) is 0 Å². The van der Waals surface area contributed by atoms with Gasteiger partial charge < -0.3 is 5.73 Å². The van der Waals surface area contributed by atoms with Gasteiger partial charge in [0.15, 0.2) is 17.3 Å². The third kappa shape index (κ3) is 2.23. The van der Waals surface area contributed by atoms with Crippen LogP contribution in [0, 0.1) is 6.92 Å². The molecule has 1 aromatic carbocycles. The maximum Gasteiger partial charge on any atom is 0.180 e. The fourth-order valence-corrected chi connectivity index (χ4v) is 2.26. The number of carbonyl (C=O) groups excluding carboxylic acids is 1. The summed E-state index contributed by atoms with van der Waals surface area (Å²) >= 11 is 6.12. The molecule has 2 aromatic heterocycles. The molecule has 2 heterocycles. The van der Waals surface area contributed by atoms with Crippen LogP contribution in [0.15, 0.2) is 24.3 Å². The maximum absolute atomic E-state index is 11.5. The Morgan fingerprint density at radius 1 is 1.33 bits per heavy atom. The van der Waals surface area contributed by atoms with E-state index in [9.17, 15) is 4.79 Å². The molecule has 0 fully saturated rings. The van der Waals surface area contributed by atoms with Gasteiger partial charge in [0.1, 0.15) is 16.7 Å². The minimum atomic E-state index is -0.0233. The first-order chi connectivity index (χ1) is 9.97. The summed E-state index contributed by atoms with van der Waals surface area (Å²) in [5, 5.41) is 4.55. The van der Waals surface area contributed by atoms with E-state index in [0.29, 0.717) is 22.9 Å². The maximum atomic E-state index is 11.5. The van der Waals surface area contributed by atoms with Gasteiger partial charge in [0, 0.05) is 11.1 Å². The quantitative estimate of drug-likeness (QED) is 0.735. The van der Waals surface area contributed by atoms with Gasteiger partial charge in [0.05, 0.1) is 0 Å². The first kappa shape index (κ1) is 13.5. The van der Waals surface area contributed by atoms with E-state index in [0.717, 1.165) is 5.56 Å². The van der Waals surface area contributed by atoms with Crippen molar-refractivity contribution in [3.8, 4) is 11.4 Å². The summed E-state index contributed by atoms with van der Waals surface area (Å²) in [6.07, 6.45) is 0. The molecule has 0 unspecified atom stereocenters. The molecular weight excluding hydrogens is 290 g/mol. The first-order valence-corrected chi connectivity index (χ1v) is 6.65. The van der Waals surface area contributed by atoms with Gasteiger partial charge in [0.2, 0.25) is 0 Å². The minimum absolute atomic E-state index is 0.0233. The molecule has 106 valence electrons.